The highest BCUT2D eigenvalue weighted by molar-refractivity contribution is 7.80. The molecule has 78 valence electrons. The van der Waals surface area contributed by atoms with Crippen LogP contribution in [0.4, 0.5) is 11.4 Å². The third-order valence-corrected chi connectivity index (χ3v) is 2.05. The molecule has 6 heteroatoms. The number of anilines is 2. The average Bonchev–Trinajstić information content (AvgIpc) is 2.16. The Bertz CT molecular complexity index is 332. The van der Waals surface area contributed by atoms with Gasteiger partial charge in [0.1, 0.15) is 0 Å². The van der Waals surface area contributed by atoms with E-state index in [0.717, 1.165) is 5.06 Å². The molecule has 1 unspecified atom stereocenters. The first-order valence-electron chi connectivity index (χ1n) is 4.06. The number of benzene rings is 1. The van der Waals surface area contributed by atoms with Gasteiger partial charge in [-0.1, -0.05) is 6.07 Å². The lowest BCUT2D eigenvalue weighted by atomic mass is 10.3. The third-order valence-electron chi connectivity index (χ3n) is 1.64. The van der Waals surface area contributed by atoms with Crippen molar-refractivity contribution in [2.24, 2.45) is 0 Å². The maximum absolute atomic E-state index is 10.3. The zero-order chi connectivity index (χ0) is 10.6. The van der Waals surface area contributed by atoms with E-state index < -0.39 is 11.3 Å². The minimum absolute atomic E-state index is 0.420. The van der Waals surface area contributed by atoms with Crippen LogP contribution in [-0.2, 0) is 11.3 Å². The van der Waals surface area contributed by atoms with Crippen molar-refractivity contribution in [2.75, 3.05) is 16.3 Å². The van der Waals surface area contributed by atoms with E-state index in [2.05, 4.69) is 4.72 Å². The highest BCUT2D eigenvalue weighted by Gasteiger charge is 2.00. The highest BCUT2D eigenvalue weighted by atomic mass is 32.2. The Morgan fingerprint density at radius 2 is 2.36 bits per heavy atom. The summed E-state index contributed by atoms with van der Waals surface area (Å²) in [5, 5.41) is 10.4. The van der Waals surface area contributed by atoms with Gasteiger partial charge >= 0.3 is 0 Å². The fraction of sp³-hybridized carbons (Fsp3) is 0.250. The smallest absolute Gasteiger partial charge is 0.0654 e. The largest absolute Gasteiger partial charge is 0.755 e. The van der Waals surface area contributed by atoms with Crippen molar-refractivity contribution in [3.05, 3.63) is 24.3 Å². The van der Waals surface area contributed by atoms with E-state index in [1.165, 1.54) is 0 Å². The molecule has 0 bridgehead atoms. The minimum atomic E-state index is -2.34. The van der Waals surface area contributed by atoms with Gasteiger partial charge in [0.25, 0.3) is 0 Å². The van der Waals surface area contributed by atoms with E-state index in [9.17, 15) is 14.0 Å². The van der Waals surface area contributed by atoms with E-state index in [0.29, 0.717) is 17.9 Å². The summed E-state index contributed by atoms with van der Waals surface area (Å²) >= 11 is -2.34. The summed E-state index contributed by atoms with van der Waals surface area (Å²) in [6, 6.07) is 6.48. The maximum atomic E-state index is 10.3. The predicted octanol–water partition coefficient (Wildman–Crippen LogP) is 1.11. The Morgan fingerprint density at radius 3 is 2.93 bits per heavy atom. The van der Waals surface area contributed by atoms with Crippen LogP contribution in [0.1, 0.15) is 6.92 Å². The van der Waals surface area contributed by atoms with Crippen LogP contribution in [0.15, 0.2) is 24.3 Å². The third kappa shape index (κ3) is 2.99. The normalized spacial score (nSPS) is 12.2. The minimum Gasteiger partial charge on any atom is -0.755 e. The monoisotopic (exact) mass is 215 g/mol. The van der Waals surface area contributed by atoms with Crippen molar-refractivity contribution in [3.8, 4) is 0 Å². The fourth-order valence-electron chi connectivity index (χ4n) is 1.01. The molecular formula is C8H11N2O3S-. The van der Waals surface area contributed by atoms with Gasteiger partial charge in [0.05, 0.1) is 5.69 Å². The molecule has 0 spiro atoms. The van der Waals surface area contributed by atoms with Crippen molar-refractivity contribution in [1.82, 2.24) is 0 Å². The van der Waals surface area contributed by atoms with Gasteiger partial charge in [0.2, 0.25) is 0 Å². The van der Waals surface area contributed by atoms with Crippen LogP contribution >= 0.6 is 0 Å². The number of hydrogen-bond donors (Lipinski definition) is 2. The van der Waals surface area contributed by atoms with Crippen LogP contribution in [-0.4, -0.2) is 20.5 Å². The Morgan fingerprint density at radius 1 is 1.64 bits per heavy atom. The lowest BCUT2D eigenvalue weighted by molar-refractivity contribution is 0.260. The number of hydrogen-bond acceptors (Lipinski definition) is 4. The molecule has 0 aliphatic rings. The first kappa shape index (κ1) is 11.0. The summed E-state index contributed by atoms with van der Waals surface area (Å²) in [5.74, 6) is 0. The molecule has 1 aromatic rings. The first-order valence-corrected chi connectivity index (χ1v) is 5.13. The van der Waals surface area contributed by atoms with Gasteiger partial charge in [-0.3, -0.25) is 14.5 Å². The molecule has 0 amide bonds. The maximum Gasteiger partial charge on any atom is 0.0654 e. The molecular weight excluding hydrogens is 204 g/mol. The van der Waals surface area contributed by atoms with Crippen LogP contribution in [0, 0.1) is 0 Å². The standard InChI is InChI=1S/C8H12N2O3S/c1-2-10(11)8-5-3-4-7(6-8)9-14(12)13/h3-6,9,11H,2H2,1H3,(H,12,13)/p-1. The van der Waals surface area contributed by atoms with E-state index in [1.54, 1.807) is 31.2 Å². The van der Waals surface area contributed by atoms with Gasteiger partial charge in [-0.2, -0.15) is 0 Å². The van der Waals surface area contributed by atoms with E-state index in [4.69, 9.17) is 0 Å². The molecule has 0 radical (unpaired) electrons. The molecule has 1 aromatic carbocycles. The molecule has 0 aliphatic carbocycles. The number of hydroxylamine groups is 1. The molecule has 0 fully saturated rings. The Labute approximate surface area is 84.7 Å². The fourth-order valence-corrected chi connectivity index (χ4v) is 1.33. The highest BCUT2D eigenvalue weighted by Crippen LogP contribution is 2.17. The van der Waals surface area contributed by atoms with Gasteiger partial charge < -0.3 is 9.27 Å². The summed E-state index contributed by atoms with van der Waals surface area (Å²) in [6.07, 6.45) is 0. The second-order valence-corrected chi connectivity index (χ2v) is 3.28. The second-order valence-electron chi connectivity index (χ2n) is 2.60. The SMILES string of the molecule is CCN(O)c1cccc(NS(=O)[O-])c1. The number of nitrogens with one attached hydrogen (secondary N) is 1. The van der Waals surface area contributed by atoms with E-state index in [1.807, 2.05) is 0 Å². The Balaban J connectivity index is 2.83. The first-order chi connectivity index (χ1) is 6.63. The van der Waals surface area contributed by atoms with Gasteiger partial charge in [0.15, 0.2) is 0 Å². The van der Waals surface area contributed by atoms with Crippen LogP contribution < -0.4 is 9.79 Å². The summed E-state index contributed by atoms with van der Waals surface area (Å²) in [7, 11) is 0. The summed E-state index contributed by atoms with van der Waals surface area (Å²) in [6.45, 7) is 2.22. The topological polar surface area (TPSA) is 75.6 Å². The van der Waals surface area contributed by atoms with Crippen LogP contribution in [0.2, 0.25) is 0 Å². The molecule has 0 heterocycles. The Hall–Kier alpha value is -1.11. The predicted molar refractivity (Wildman–Crippen MR) is 53.8 cm³/mol. The van der Waals surface area contributed by atoms with Crippen molar-refractivity contribution in [1.29, 1.82) is 0 Å². The van der Waals surface area contributed by atoms with Gasteiger partial charge in [0, 0.05) is 23.5 Å². The zero-order valence-electron chi connectivity index (χ0n) is 7.64. The van der Waals surface area contributed by atoms with Crippen molar-refractivity contribution in [2.45, 2.75) is 6.92 Å². The van der Waals surface area contributed by atoms with E-state index >= 15 is 0 Å². The summed E-state index contributed by atoms with van der Waals surface area (Å²) in [5.41, 5.74) is 0.964. The van der Waals surface area contributed by atoms with Gasteiger partial charge in [-0.05, 0) is 25.1 Å². The Kier molecular flexibility index (Phi) is 3.87. The average molecular weight is 215 g/mol. The number of rotatable bonds is 4. The van der Waals surface area contributed by atoms with Crippen molar-refractivity contribution in [3.63, 3.8) is 0 Å². The number of nitrogens with zero attached hydrogens (tertiary/aromatic N) is 1. The molecule has 0 aromatic heterocycles. The molecule has 1 rings (SSSR count). The zero-order valence-corrected chi connectivity index (χ0v) is 8.45. The van der Waals surface area contributed by atoms with Gasteiger partial charge in [-0.25, -0.2) is 0 Å². The van der Waals surface area contributed by atoms with Crippen molar-refractivity contribution >= 4 is 22.6 Å². The lowest BCUT2D eigenvalue weighted by Crippen LogP contribution is -2.16. The summed E-state index contributed by atoms with van der Waals surface area (Å²) in [4.78, 5) is 0. The molecule has 2 N–H and O–H groups in total. The molecule has 5 nitrogen and oxygen atoms in total. The molecule has 0 saturated heterocycles. The molecule has 0 saturated carbocycles. The van der Waals surface area contributed by atoms with Crippen LogP contribution in [0.3, 0.4) is 0 Å². The van der Waals surface area contributed by atoms with Crippen molar-refractivity contribution < 1.29 is 14.0 Å². The molecule has 0 aliphatic heterocycles. The quantitative estimate of drug-likeness (QED) is 0.582. The second kappa shape index (κ2) is 4.94. The molecule has 14 heavy (non-hydrogen) atoms. The van der Waals surface area contributed by atoms with Gasteiger partial charge in [-0.15, -0.1) is 0 Å². The van der Waals surface area contributed by atoms with E-state index in [-0.39, 0.29) is 0 Å². The summed E-state index contributed by atoms with van der Waals surface area (Å²) < 4.78 is 22.9. The van der Waals surface area contributed by atoms with Crippen LogP contribution in [0.25, 0.3) is 0 Å². The lowest BCUT2D eigenvalue weighted by Gasteiger charge is -2.16. The van der Waals surface area contributed by atoms with Crippen LogP contribution in [0.5, 0.6) is 0 Å². The molecule has 1 atom stereocenters.